The second kappa shape index (κ2) is 13.8. The maximum atomic E-state index is 13.6. The van der Waals surface area contributed by atoms with E-state index in [9.17, 15) is 9.59 Å². The number of nitrogens with one attached hydrogen (secondary N) is 1. The Kier molecular flexibility index (Phi) is 10.2. The molecule has 35 heavy (non-hydrogen) atoms. The third kappa shape index (κ3) is 7.35. The number of carbonyl (C=O) groups is 2. The molecule has 184 valence electrons. The monoisotopic (exact) mass is 477 g/mol. The van der Waals surface area contributed by atoms with Crippen molar-refractivity contribution < 1.29 is 23.5 Å². The number of amides is 1. The van der Waals surface area contributed by atoms with Crippen molar-refractivity contribution in [3.05, 3.63) is 90.4 Å². The van der Waals surface area contributed by atoms with Gasteiger partial charge in [0.1, 0.15) is 6.26 Å². The van der Waals surface area contributed by atoms with E-state index in [2.05, 4.69) is 15.3 Å². The molecular weight excluding hydrogens is 446 g/mol. The highest BCUT2D eigenvalue weighted by atomic mass is 16.6. The highest BCUT2D eigenvalue weighted by Crippen LogP contribution is 2.38. The summed E-state index contributed by atoms with van der Waals surface area (Å²) in [4.78, 5) is 34.4. The number of pyridine rings is 1. The Bertz CT molecular complexity index is 1050. The van der Waals surface area contributed by atoms with E-state index in [4.69, 9.17) is 13.9 Å². The maximum absolute atomic E-state index is 13.6. The molecule has 0 bridgehead atoms. The van der Waals surface area contributed by atoms with Gasteiger partial charge >= 0.3 is 12.1 Å². The van der Waals surface area contributed by atoms with E-state index >= 15 is 0 Å². The first-order valence-corrected chi connectivity index (χ1v) is 11.8. The molecule has 1 atom stereocenters. The summed E-state index contributed by atoms with van der Waals surface area (Å²) in [5.74, 6) is -0.543. The minimum Gasteiger partial charge on any atom is -0.447 e. The Labute approximate surface area is 205 Å². The third-order valence-corrected chi connectivity index (χ3v) is 5.45. The van der Waals surface area contributed by atoms with Crippen LogP contribution in [0.15, 0.2) is 77.8 Å². The van der Waals surface area contributed by atoms with Crippen molar-refractivity contribution in [3.63, 3.8) is 0 Å². The Morgan fingerprint density at radius 2 is 1.97 bits per heavy atom. The molecule has 1 aromatic carbocycles. The Balaban J connectivity index is 1.76. The van der Waals surface area contributed by atoms with Crippen LogP contribution in [0.25, 0.3) is 6.08 Å². The van der Waals surface area contributed by atoms with Gasteiger partial charge in [0.25, 0.3) is 0 Å². The van der Waals surface area contributed by atoms with Crippen molar-refractivity contribution in [2.24, 2.45) is 0 Å². The number of allylic oxidation sites excluding steroid dienone is 1. The molecule has 1 unspecified atom stereocenters. The van der Waals surface area contributed by atoms with E-state index in [1.165, 1.54) is 12.5 Å². The van der Waals surface area contributed by atoms with Gasteiger partial charge in [-0.05, 0) is 49.8 Å². The normalized spacial score (nSPS) is 12.8. The van der Waals surface area contributed by atoms with Crippen LogP contribution in [0, 0.1) is 0 Å². The summed E-state index contributed by atoms with van der Waals surface area (Å²) < 4.78 is 16.2. The number of esters is 1. The summed E-state index contributed by atoms with van der Waals surface area (Å²) in [7, 11) is 0. The molecule has 8 nitrogen and oxygen atoms in total. The van der Waals surface area contributed by atoms with Gasteiger partial charge in [0, 0.05) is 32.2 Å². The van der Waals surface area contributed by atoms with E-state index in [0.717, 1.165) is 5.56 Å². The average Bonchev–Trinajstić information content (AvgIpc) is 3.42. The fraction of sp³-hybridized carbons (Fsp3) is 0.333. The first kappa shape index (κ1) is 25.8. The van der Waals surface area contributed by atoms with Gasteiger partial charge in [-0.1, -0.05) is 48.6 Å². The standard InChI is InChI=1S/C27H31N3O5/c1-2-33-19-10-17-30-26(32)35-25(31)27(24-29-18-20-34-24,23-13-6-3-7-14-23)15-8-4-5-11-22-12-9-16-28-21-22/h3,5-7,9,11-14,16,18,20-21H,2,4,8,10,15,17,19H2,1H3,(H,30,32). The molecule has 0 spiro atoms. The Morgan fingerprint density at radius 1 is 1.11 bits per heavy atom. The Morgan fingerprint density at radius 3 is 2.69 bits per heavy atom. The summed E-state index contributed by atoms with van der Waals surface area (Å²) in [6, 6.07) is 13.0. The number of oxazole rings is 1. The predicted molar refractivity (Wildman–Crippen MR) is 131 cm³/mol. The average molecular weight is 478 g/mol. The molecule has 8 heteroatoms. The zero-order chi connectivity index (χ0) is 24.8. The second-order valence-corrected chi connectivity index (χ2v) is 7.84. The number of aromatic nitrogens is 2. The lowest BCUT2D eigenvalue weighted by atomic mass is 9.76. The van der Waals surface area contributed by atoms with Crippen LogP contribution in [0.3, 0.4) is 0 Å². The molecule has 0 aliphatic heterocycles. The molecule has 3 rings (SSSR count). The van der Waals surface area contributed by atoms with Crippen LogP contribution >= 0.6 is 0 Å². The molecule has 3 aromatic rings. The van der Waals surface area contributed by atoms with Gasteiger partial charge in [-0.25, -0.2) is 14.6 Å². The minimum absolute atomic E-state index is 0.189. The van der Waals surface area contributed by atoms with Gasteiger partial charge in [0.05, 0.1) is 6.20 Å². The van der Waals surface area contributed by atoms with E-state index < -0.39 is 17.5 Å². The number of nitrogens with zero attached hydrogens (tertiary/aromatic N) is 2. The van der Waals surface area contributed by atoms with E-state index in [-0.39, 0.29) is 5.89 Å². The molecule has 1 N–H and O–H groups in total. The summed E-state index contributed by atoms with van der Waals surface area (Å²) in [6.07, 6.45) is 11.9. The van der Waals surface area contributed by atoms with Gasteiger partial charge in [0.2, 0.25) is 5.89 Å². The van der Waals surface area contributed by atoms with Crippen LogP contribution in [-0.2, 0) is 19.7 Å². The van der Waals surface area contributed by atoms with Gasteiger partial charge in [-0.2, -0.15) is 0 Å². The van der Waals surface area contributed by atoms with Crippen LogP contribution < -0.4 is 5.32 Å². The highest BCUT2D eigenvalue weighted by molar-refractivity contribution is 5.93. The summed E-state index contributed by atoms with van der Waals surface area (Å²) in [5, 5.41) is 2.61. The second-order valence-electron chi connectivity index (χ2n) is 7.84. The van der Waals surface area contributed by atoms with Crippen molar-refractivity contribution in [1.82, 2.24) is 15.3 Å². The predicted octanol–water partition coefficient (Wildman–Crippen LogP) is 4.92. The third-order valence-electron chi connectivity index (χ3n) is 5.45. The number of unbranched alkanes of at least 4 members (excludes halogenated alkanes) is 1. The zero-order valence-corrected chi connectivity index (χ0v) is 19.9. The molecule has 0 saturated heterocycles. The molecule has 0 aliphatic rings. The largest absolute Gasteiger partial charge is 0.447 e. The fourth-order valence-corrected chi connectivity index (χ4v) is 3.73. The lowest BCUT2D eigenvalue weighted by Crippen LogP contribution is -2.42. The quantitative estimate of drug-likeness (QED) is 0.212. The summed E-state index contributed by atoms with van der Waals surface area (Å²) >= 11 is 0. The zero-order valence-electron chi connectivity index (χ0n) is 19.9. The van der Waals surface area contributed by atoms with Gasteiger partial charge in [-0.15, -0.1) is 0 Å². The summed E-state index contributed by atoms with van der Waals surface area (Å²) in [6.45, 7) is 3.36. The molecule has 0 radical (unpaired) electrons. The lowest BCUT2D eigenvalue weighted by molar-refractivity contribution is -0.143. The van der Waals surface area contributed by atoms with Crippen LogP contribution in [0.5, 0.6) is 0 Å². The van der Waals surface area contributed by atoms with E-state index in [1.807, 2.05) is 61.5 Å². The van der Waals surface area contributed by atoms with Crippen LogP contribution in [0.4, 0.5) is 4.79 Å². The summed E-state index contributed by atoms with van der Waals surface area (Å²) in [5.41, 5.74) is 0.276. The minimum atomic E-state index is -1.37. The molecule has 2 heterocycles. The molecular formula is C27H31N3O5. The van der Waals surface area contributed by atoms with Gasteiger partial charge in [-0.3, -0.25) is 4.98 Å². The number of ether oxygens (including phenoxy) is 2. The number of benzene rings is 1. The van der Waals surface area contributed by atoms with Crippen molar-refractivity contribution in [2.45, 2.75) is 38.0 Å². The Hall–Kier alpha value is -3.78. The highest BCUT2D eigenvalue weighted by Gasteiger charge is 2.48. The van der Waals surface area contributed by atoms with E-state index in [0.29, 0.717) is 51.0 Å². The molecule has 0 fully saturated rings. The van der Waals surface area contributed by atoms with Crippen LogP contribution in [0.1, 0.15) is 49.6 Å². The maximum Gasteiger partial charge on any atom is 0.414 e. The molecule has 2 aromatic heterocycles. The van der Waals surface area contributed by atoms with Crippen molar-refractivity contribution in [2.75, 3.05) is 19.8 Å². The number of alkyl carbamates (subject to hydrolysis) is 1. The van der Waals surface area contributed by atoms with Crippen LogP contribution in [0.2, 0.25) is 0 Å². The number of hydrogen-bond donors (Lipinski definition) is 1. The fourth-order valence-electron chi connectivity index (χ4n) is 3.73. The SMILES string of the molecule is CCOCCCNC(=O)OC(=O)C(CCCC=Cc1cccnc1)(c1ccccc1)c1ncco1. The number of carbonyl (C=O) groups excluding carboxylic acids is 2. The molecule has 1 amide bonds. The van der Waals surface area contributed by atoms with E-state index in [1.54, 1.807) is 12.4 Å². The smallest absolute Gasteiger partial charge is 0.414 e. The molecule has 0 saturated carbocycles. The lowest BCUT2D eigenvalue weighted by Gasteiger charge is -2.28. The van der Waals surface area contributed by atoms with Crippen molar-refractivity contribution in [1.29, 1.82) is 0 Å². The first-order valence-electron chi connectivity index (χ1n) is 11.8. The first-order chi connectivity index (χ1) is 17.2. The van der Waals surface area contributed by atoms with Gasteiger partial charge in [0.15, 0.2) is 5.41 Å². The van der Waals surface area contributed by atoms with Crippen molar-refractivity contribution >= 4 is 18.1 Å². The van der Waals surface area contributed by atoms with Gasteiger partial charge < -0.3 is 19.2 Å². The number of hydrogen-bond acceptors (Lipinski definition) is 7. The number of rotatable bonds is 13. The van der Waals surface area contributed by atoms with Crippen LogP contribution in [-0.4, -0.2) is 41.8 Å². The molecule has 0 aliphatic carbocycles. The topological polar surface area (TPSA) is 104 Å². The van der Waals surface area contributed by atoms with Crippen molar-refractivity contribution in [3.8, 4) is 0 Å².